The van der Waals surface area contributed by atoms with Gasteiger partial charge in [-0.15, -0.1) is 10.2 Å². The lowest BCUT2D eigenvalue weighted by molar-refractivity contribution is 0.170. The molecule has 2 heterocycles. The zero-order chi connectivity index (χ0) is 21.8. The molecule has 0 fully saturated rings. The fourth-order valence-electron chi connectivity index (χ4n) is 4.52. The van der Waals surface area contributed by atoms with E-state index in [1.807, 2.05) is 11.6 Å². The number of nitrogens with zero attached hydrogens (tertiary/aromatic N) is 6. The van der Waals surface area contributed by atoms with Crippen molar-refractivity contribution in [3.05, 3.63) is 30.1 Å². The van der Waals surface area contributed by atoms with E-state index in [1.54, 1.807) is 12.5 Å². The van der Waals surface area contributed by atoms with Crippen LogP contribution in [0, 0.1) is 23.7 Å². The predicted molar refractivity (Wildman–Crippen MR) is 120 cm³/mol. The third kappa shape index (κ3) is 5.58. The van der Waals surface area contributed by atoms with E-state index in [2.05, 4.69) is 73.0 Å². The molecule has 0 unspecified atom stereocenters. The van der Waals surface area contributed by atoms with Gasteiger partial charge in [-0.1, -0.05) is 25.5 Å². The molecule has 7 nitrogen and oxygen atoms in total. The Labute approximate surface area is 181 Å². The van der Waals surface area contributed by atoms with Crippen molar-refractivity contribution in [1.82, 2.24) is 29.5 Å². The van der Waals surface area contributed by atoms with Gasteiger partial charge in [-0.25, -0.2) is 4.98 Å². The van der Waals surface area contributed by atoms with E-state index in [0.717, 1.165) is 31.7 Å². The normalized spacial score (nSPS) is 22.3. The Morgan fingerprint density at radius 1 is 1.20 bits per heavy atom. The Morgan fingerprint density at radius 2 is 1.97 bits per heavy atom. The number of aryl methyl sites for hydroxylation is 1. The van der Waals surface area contributed by atoms with Gasteiger partial charge in [-0.3, -0.25) is 0 Å². The molecule has 0 radical (unpaired) electrons. The van der Waals surface area contributed by atoms with E-state index in [4.69, 9.17) is 4.42 Å². The van der Waals surface area contributed by atoms with Crippen LogP contribution in [0.1, 0.15) is 33.1 Å². The minimum Gasteiger partial charge on any atom is -0.419 e. The van der Waals surface area contributed by atoms with Crippen LogP contribution in [0.2, 0.25) is 0 Å². The summed E-state index contributed by atoms with van der Waals surface area (Å²) in [7, 11) is 8.45. The van der Waals surface area contributed by atoms with Crippen molar-refractivity contribution in [2.45, 2.75) is 33.6 Å². The van der Waals surface area contributed by atoms with E-state index in [9.17, 15) is 0 Å². The van der Waals surface area contributed by atoms with Gasteiger partial charge in [0.05, 0.1) is 12.5 Å². The molecule has 3 rings (SSSR count). The molecule has 166 valence electrons. The lowest BCUT2D eigenvalue weighted by Crippen LogP contribution is -2.38. The Bertz CT molecular complexity index is 836. The molecule has 1 aliphatic carbocycles. The van der Waals surface area contributed by atoms with Crippen LogP contribution in [0.25, 0.3) is 11.6 Å². The second-order valence-corrected chi connectivity index (χ2v) is 9.58. The van der Waals surface area contributed by atoms with Gasteiger partial charge in [0.2, 0.25) is 5.89 Å². The third-order valence-corrected chi connectivity index (χ3v) is 6.46. The number of imidazole rings is 1. The Morgan fingerprint density at radius 3 is 2.60 bits per heavy atom. The van der Waals surface area contributed by atoms with Crippen molar-refractivity contribution in [3.63, 3.8) is 0 Å². The molecule has 2 aromatic rings. The SMILES string of the molecule is CC1=C[C@@H](CN(C)CCN(C)C)[C@H](C(C)C)C[C@H]1Cc1nnc(-c2cncn2C)o1. The number of aromatic nitrogens is 4. The molecule has 0 spiro atoms. The molecule has 0 saturated heterocycles. The van der Waals surface area contributed by atoms with Crippen LogP contribution in [0.15, 0.2) is 28.6 Å². The lowest BCUT2D eigenvalue weighted by Gasteiger charge is -2.38. The van der Waals surface area contributed by atoms with Crippen molar-refractivity contribution in [2.75, 3.05) is 40.8 Å². The van der Waals surface area contributed by atoms with Crippen LogP contribution < -0.4 is 0 Å². The smallest absolute Gasteiger partial charge is 0.265 e. The van der Waals surface area contributed by atoms with Gasteiger partial charge in [0.15, 0.2) is 0 Å². The maximum Gasteiger partial charge on any atom is 0.265 e. The van der Waals surface area contributed by atoms with Crippen molar-refractivity contribution in [2.24, 2.45) is 30.7 Å². The van der Waals surface area contributed by atoms with E-state index in [-0.39, 0.29) is 0 Å². The average Bonchev–Trinajstić information content (AvgIpc) is 3.30. The van der Waals surface area contributed by atoms with Crippen LogP contribution in [-0.2, 0) is 13.5 Å². The van der Waals surface area contributed by atoms with E-state index >= 15 is 0 Å². The van der Waals surface area contributed by atoms with Gasteiger partial charge in [0, 0.05) is 33.1 Å². The van der Waals surface area contributed by atoms with Gasteiger partial charge >= 0.3 is 0 Å². The van der Waals surface area contributed by atoms with Gasteiger partial charge < -0.3 is 18.8 Å². The predicted octanol–water partition coefficient (Wildman–Crippen LogP) is 3.36. The Hall–Kier alpha value is -1.99. The minimum atomic E-state index is 0.459. The summed E-state index contributed by atoms with van der Waals surface area (Å²) >= 11 is 0. The highest BCUT2D eigenvalue weighted by Crippen LogP contribution is 2.39. The number of allylic oxidation sites excluding steroid dienone is 1. The van der Waals surface area contributed by atoms with Crippen LogP contribution in [-0.4, -0.2) is 70.3 Å². The second kappa shape index (κ2) is 9.88. The monoisotopic (exact) mass is 414 g/mol. The van der Waals surface area contributed by atoms with Crippen molar-refractivity contribution in [1.29, 1.82) is 0 Å². The average molecular weight is 415 g/mol. The maximum atomic E-state index is 5.98. The fourth-order valence-corrected chi connectivity index (χ4v) is 4.52. The second-order valence-electron chi connectivity index (χ2n) is 9.58. The zero-order valence-corrected chi connectivity index (χ0v) is 19.7. The van der Waals surface area contributed by atoms with E-state index in [1.165, 1.54) is 12.0 Å². The number of likely N-dealkylation sites (N-methyl/N-ethyl adjacent to an activating group) is 2. The first-order valence-corrected chi connectivity index (χ1v) is 11.0. The molecule has 1 aliphatic rings. The lowest BCUT2D eigenvalue weighted by atomic mass is 9.69. The van der Waals surface area contributed by atoms with Crippen LogP contribution in [0.5, 0.6) is 0 Å². The van der Waals surface area contributed by atoms with Gasteiger partial charge in [-0.05, 0) is 58.2 Å². The molecule has 0 saturated carbocycles. The molecule has 30 heavy (non-hydrogen) atoms. The number of hydrogen-bond donors (Lipinski definition) is 0. The largest absolute Gasteiger partial charge is 0.419 e. The standard InChI is InChI=1S/C23H38N6O/c1-16(2)20-11-18(17(3)10-19(20)14-28(6)9-8-27(4)5)12-22-25-26-23(30-22)21-13-24-15-29(21)7/h10,13,15-16,18-20H,8-9,11-12,14H2,1-7H3/t18-,19-,20-/m0/s1. The highest BCUT2D eigenvalue weighted by molar-refractivity contribution is 5.44. The highest BCUT2D eigenvalue weighted by Gasteiger charge is 2.33. The maximum absolute atomic E-state index is 5.98. The molecule has 0 bridgehead atoms. The summed E-state index contributed by atoms with van der Waals surface area (Å²) in [4.78, 5) is 8.86. The summed E-state index contributed by atoms with van der Waals surface area (Å²) in [6.45, 7) is 10.3. The molecule has 0 aliphatic heterocycles. The summed E-state index contributed by atoms with van der Waals surface area (Å²) in [5.74, 6) is 3.63. The summed E-state index contributed by atoms with van der Waals surface area (Å²) < 4.78 is 7.88. The topological polar surface area (TPSA) is 63.2 Å². The summed E-state index contributed by atoms with van der Waals surface area (Å²) in [5.41, 5.74) is 2.31. The van der Waals surface area contributed by atoms with Gasteiger partial charge in [0.25, 0.3) is 5.89 Å². The number of rotatable bonds is 9. The van der Waals surface area contributed by atoms with Crippen LogP contribution in [0.3, 0.4) is 0 Å². The molecule has 0 N–H and O–H groups in total. The first-order chi connectivity index (χ1) is 14.2. The van der Waals surface area contributed by atoms with Crippen LogP contribution in [0.4, 0.5) is 0 Å². The summed E-state index contributed by atoms with van der Waals surface area (Å²) in [6, 6.07) is 0. The van der Waals surface area contributed by atoms with Gasteiger partial charge in [0.1, 0.15) is 5.69 Å². The molecule has 7 heteroatoms. The first kappa shape index (κ1) is 22.7. The molecule has 0 amide bonds. The molecular weight excluding hydrogens is 376 g/mol. The Kier molecular flexibility index (Phi) is 7.47. The quantitative estimate of drug-likeness (QED) is 0.586. The van der Waals surface area contributed by atoms with E-state index in [0.29, 0.717) is 35.5 Å². The molecule has 3 atom stereocenters. The molecule has 2 aromatic heterocycles. The van der Waals surface area contributed by atoms with Crippen molar-refractivity contribution >= 4 is 0 Å². The Balaban J connectivity index is 1.68. The summed E-state index contributed by atoms with van der Waals surface area (Å²) in [5, 5.41) is 8.57. The molecular formula is C23H38N6O. The fraction of sp³-hybridized carbons (Fsp3) is 0.696. The zero-order valence-electron chi connectivity index (χ0n) is 19.7. The first-order valence-electron chi connectivity index (χ1n) is 11.0. The van der Waals surface area contributed by atoms with Gasteiger partial charge in [-0.2, -0.15) is 0 Å². The van der Waals surface area contributed by atoms with Crippen molar-refractivity contribution < 1.29 is 4.42 Å². The van der Waals surface area contributed by atoms with Crippen LogP contribution >= 0.6 is 0 Å². The van der Waals surface area contributed by atoms with Crippen molar-refractivity contribution in [3.8, 4) is 11.6 Å². The van der Waals surface area contributed by atoms with E-state index < -0.39 is 0 Å². The molecule has 0 aromatic carbocycles. The third-order valence-electron chi connectivity index (χ3n) is 6.46. The minimum absolute atomic E-state index is 0.459. The summed E-state index contributed by atoms with van der Waals surface area (Å²) in [6.07, 6.45) is 8.00. The number of hydrogen-bond acceptors (Lipinski definition) is 6. The highest BCUT2D eigenvalue weighted by atomic mass is 16.4.